The van der Waals surface area contributed by atoms with Crippen LogP contribution in [-0.2, 0) is 6.42 Å². The molecule has 0 aliphatic heterocycles. The fourth-order valence-electron chi connectivity index (χ4n) is 2.87. The van der Waals surface area contributed by atoms with Gasteiger partial charge in [-0.05, 0) is 67.7 Å². The maximum absolute atomic E-state index is 13.0. The normalized spacial score (nSPS) is 29.3. The Kier molecular flexibility index (Phi) is 3.82. The first kappa shape index (κ1) is 12.6. The summed E-state index contributed by atoms with van der Waals surface area (Å²) in [6.07, 6.45) is 3.80. The monoisotopic (exact) mass is 236 g/mol. The quantitative estimate of drug-likeness (QED) is 0.833. The van der Waals surface area contributed by atoms with Crippen LogP contribution in [-0.4, -0.2) is 11.2 Å². The highest BCUT2D eigenvalue weighted by molar-refractivity contribution is 5.27. The summed E-state index contributed by atoms with van der Waals surface area (Å²) in [5, 5.41) is 10.0. The fraction of sp³-hybridized carbons (Fsp3) is 0.600. The highest BCUT2D eigenvalue weighted by Gasteiger charge is 2.27. The van der Waals surface area contributed by atoms with Crippen LogP contribution < -0.4 is 0 Å². The van der Waals surface area contributed by atoms with Gasteiger partial charge in [-0.1, -0.05) is 13.0 Å². The second-order valence-electron chi connectivity index (χ2n) is 5.52. The Bertz CT molecular complexity index is 389. The third-order valence-corrected chi connectivity index (χ3v) is 3.99. The van der Waals surface area contributed by atoms with Gasteiger partial charge in [0.1, 0.15) is 5.82 Å². The molecule has 0 spiro atoms. The molecule has 1 aliphatic rings. The van der Waals surface area contributed by atoms with Crippen molar-refractivity contribution in [2.75, 3.05) is 0 Å². The van der Waals surface area contributed by atoms with Crippen LogP contribution in [0.25, 0.3) is 0 Å². The molecule has 1 aliphatic carbocycles. The molecule has 1 saturated carbocycles. The molecule has 1 aromatic carbocycles. The summed E-state index contributed by atoms with van der Waals surface area (Å²) < 4.78 is 13.0. The smallest absolute Gasteiger partial charge is 0.123 e. The number of benzene rings is 1. The van der Waals surface area contributed by atoms with Crippen molar-refractivity contribution in [3.05, 3.63) is 35.1 Å². The SMILES string of the molecule is Cc1cc(F)ccc1CC1CC(C)CCC1O. The Morgan fingerprint density at radius 2 is 2.12 bits per heavy atom. The zero-order chi connectivity index (χ0) is 12.4. The number of rotatable bonds is 2. The molecule has 0 saturated heterocycles. The minimum atomic E-state index is -0.185. The molecule has 17 heavy (non-hydrogen) atoms. The number of aliphatic hydroxyl groups excluding tert-OH is 1. The second kappa shape index (κ2) is 5.18. The Morgan fingerprint density at radius 1 is 1.35 bits per heavy atom. The van der Waals surface area contributed by atoms with Gasteiger partial charge in [0.05, 0.1) is 6.10 Å². The highest BCUT2D eigenvalue weighted by Crippen LogP contribution is 2.32. The van der Waals surface area contributed by atoms with E-state index in [1.165, 1.54) is 11.6 Å². The highest BCUT2D eigenvalue weighted by atomic mass is 19.1. The van der Waals surface area contributed by atoms with E-state index in [9.17, 15) is 9.50 Å². The molecule has 1 aromatic rings. The van der Waals surface area contributed by atoms with E-state index in [0.717, 1.165) is 31.2 Å². The van der Waals surface area contributed by atoms with Gasteiger partial charge in [-0.25, -0.2) is 4.39 Å². The minimum Gasteiger partial charge on any atom is -0.393 e. The van der Waals surface area contributed by atoms with Gasteiger partial charge in [-0.3, -0.25) is 0 Å². The topological polar surface area (TPSA) is 20.2 Å². The molecular formula is C15H21FO. The molecule has 3 unspecified atom stereocenters. The van der Waals surface area contributed by atoms with Crippen LogP contribution in [0.4, 0.5) is 4.39 Å². The van der Waals surface area contributed by atoms with Crippen molar-refractivity contribution in [1.29, 1.82) is 0 Å². The minimum absolute atomic E-state index is 0.177. The lowest BCUT2D eigenvalue weighted by Gasteiger charge is -2.32. The average Bonchev–Trinajstić information content (AvgIpc) is 2.27. The molecule has 2 rings (SSSR count). The van der Waals surface area contributed by atoms with Gasteiger partial charge >= 0.3 is 0 Å². The van der Waals surface area contributed by atoms with Crippen molar-refractivity contribution in [3.8, 4) is 0 Å². The number of hydrogen-bond acceptors (Lipinski definition) is 1. The van der Waals surface area contributed by atoms with E-state index in [-0.39, 0.29) is 11.9 Å². The van der Waals surface area contributed by atoms with E-state index in [1.54, 1.807) is 6.07 Å². The van der Waals surface area contributed by atoms with Gasteiger partial charge in [-0.2, -0.15) is 0 Å². The maximum atomic E-state index is 13.0. The van der Waals surface area contributed by atoms with Crippen LogP contribution in [0.3, 0.4) is 0 Å². The summed E-state index contributed by atoms with van der Waals surface area (Å²) in [5.74, 6) is 0.857. The van der Waals surface area contributed by atoms with E-state index in [0.29, 0.717) is 11.8 Å². The maximum Gasteiger partial charge on any atom is 0.123 e. The number of halogens is 1. The summed E-state index contributed by atoms with van der Waals surface area (Å²) in [7, 11) is 0. The van der Waals surface area contributed by atoms with E-state index in [2.05, 4.69) is 6.92 Å². The van der Waals surface area contributed by atoms with Crippen LogP contribution in [0.2, 0.25) is 0 Å². The lowest BCUT2D eigenvalue weighted by atomic mass is 9.77. The molecule has 0 aromatic heterocycles. The van der Waals surface area contributed by atoms with Crippen molar-refractivity contribution in [3.63, 3.8) is 0 Å². The van der Waals surface area contributed by atoms with Gasteiger partial charge in [0, 0.05) is 0 Å². The van der Waals surface area contributed by atoms with Gasteiger partial charge in [0.15, 0.2) is 0 Å². The lowest BCUT2D eigenvalue weighted by molar-refractivity contribution is 0.0519. The van der Waals surface area contributed by atoms with Crippen molar-refractivity contribution < 1.29 is 9.50 Å². The Labute approximate surface area is 103 Å². The van der Waals surface area contributed by atoms with Gasteiger partial charge in [0.2, 0.25) is 0 Å². The zero-order valence-corrected chi connectivity index (χ0v) is 10.6. The van der Waals surface area contributed by atoms with E-state index < -0.39 is 0 Å². The summed E-state index contributed by atoms with van der Waals surface area (Å²) in [6, 6.07) is 4.95. The lowest BCUT2D eigenvalue weighted by Crippen LogP contribution is -2.29. The number of aryl methyl sites for hydroxylation is 1. The summed E-state index contributed by atoms with van der Waals surface area (Å²) in [4.78, 5) is 0. The average molecular weight is 236 g/mol. The molecule has 1 nitrogen and oxygen atoms in total. The van der Waals surface area contributed by atoms with Gasteiger partial charge in [0.25, 0.3) is 0 Å². The Balaban J connectivity index is 2.08. The standard InChI is InChI=1S/C15H21FO/c1-10-3-6-15(17)13(7-10)9-12-4-5-14(16)8-11(12)2/h4-5,8,10,13,15,17H,3,6-7,9H2,1-2H3. The van der Waals surface area contributed by atoms with Crippen LogP contribution in [0.5, 0.6) is 0 Å². The predicted molar refractivity (Wildman–Crippen MR) is 67.4 cm³/mol. The van der Waals surface area contributed by atoms with Crippen molar-refractivity contribution in [2.24, 2.45) is 11.8 Å². The fourth-order valence-corrected chi connectivity index (χ4v) is 2.87. The van der Waals surface area contributed by atoms with Crippen molar-refractivity contribution >= 4 is 0 Å². The van der Waals surface area contributed by atoms with Crippen LogP contribution in [0.1, 0.15) is 37.3 Å². The van der Waals surface area contributed by atoms with Gasteiger partial charge < -0.3 is 5.11 Å². The first-order chi connectivity index (χ1) is 8.06. The first-order valence-corrected chi connectivity index (χ1v) is 6.49. The summed E-state index contributed by atoms with van der Waals surface area (Å²) >= 11 is 0. The molecule has 2 heteroatoms. The van der Waals surface area contributed by atoms with Crippen molar-refractivity contribution in [1.82, 2.24) is 0 Å². The van der Waals surface area contributed by atoms with E-state index in [4.69, 9.17) is 0 Å². The molecule has 0 radical (unpaired) electrons. The summed E-state index contributed by atoms with van der Waals surface area (Å²) in [6.45, 7) is 4.19. The molecule has 1 N–H and O–H groups in total. The second-order valence-corrected chi connectivity index (χ2v) is 5.52. The number of hydrogen-bond donors (Lipinski definition) is 1. The predicted octanol–water partition coefficient (Wildman–Crippen LogP) is 3.47. The van der Waals surface area contributed by atoms with Crippen LogP contribution in [0, 0.1) is 24.6 Å². The summed E-state index contributed by atoms with van der Waals surface area (Å²) in [5.41, 5.74) is 2.17. The largest absolute Gasteiger partial charge is 0.393 e. The third-order valence-electron chi connectivity index (χ3n) is 3.99. The molecule has 1 fully saturated rings. The molecular weight excluding hydrogens is 215 g/mol. The Hall–Kier alpha value is -0.890. The molecule has 3 atom stereocenters. The van der Waals surface area contributed by atoms with Crippen molar-refractivity contribution in [2.45, 2.75) is 45.6 Å². The van der Waals surface area contributed by atoms with E-state index in [1.807, 2.05) is 13.0 Å². The molecule has 0 heterocycles. The first-order valence-electron chi connectivity index (χ1n) is 6.49. The molecule has 0 bridgehead atoms. The van der Waals surface area contributed by atoms with E-state index >= 15 is 0 Å². The third kappa shape index (κ3) is 3.06. The zero-order valence-electron chi connectivity index (χ0n) is 10.6. The van der Waals surface area contributed by atoms with Crippen LogP contribution >= 0.6 is 0 Å². The molecule has 0 amide bonds. The number of aliphatic hydroxyl groups is 1. The van der Waals surface area contributed by atoms with Gasteiger partial charge in [-0.15, -0.1) is 0 Å². The molecule has 94 valence electrons. The Morgan fingerprint density at radius 3 is 2.82 bits per heavy atom. The van der Waals surface area contributed by atoms with Crippen LogP contribution in [0.15, 0.2) is 18.2 Å².